The lowest BCUT2D eigenvalue weighted by atomic mass is 10.2. The topological polar surface area (TPSA) is 27.1 Å². The number of halogens is 4. The van der Waals surface area contributed by atoms with Gasteiger partial charge in [-0.3, -0.25) is 4.98 Å². The van der Waals surface area contributed by atoms with E-state index in [0.29, 0.717) is 10.7 Å². The number of pyridine rings is 1. The van der Waals surface area contributed by atoms with Crippen molar-refractivity contribution in [2.75, 3.05) is 6.61 Å². The molecule has 1 aromatic carbocycles. The highest BCUT2D eigenvalue weighted by atomic mass is 35.5. The maximum atomic E-state index is 12.2. The SMILES string of the molecule is C[C@H](c1ccc(OCC(F)(F)F)cn1)n1ccc2ccc(Cl)cc21. The molecule has 0 aliphatic rings. The Bertz CT molecular complexity index is 843. The van der Waals surface area contributed by atoms with Crippen LogP contribution in [-0.4, -0.2) is 22.3 Å². The van der Waals surface area contributed by atoms with Gasteiger partial charge in [-0.15, -0.1) is 0 Å². The van der Waals surface area contributed by atoms with E-state index in [2.05, 4.69) is 9.72 Å². The lowest BCUT2D eigenvalue weighted by Gasteiger charge is -2.16. The average molecular weight is 355 g/mol. The molecule has 0 saturated heterocycles. The van der Waals surface area contributed by atoms with Crippen molar-refractivity contribution in [2.45, 2.75) is 19.1 Å². The number of hydrogen-bond donors (Lipinski definition) is 0. The molecule has 0 spiro atoms. The zero-order valence-electron chi connectivity index (χ0n) is 12.7. The van der Waals surface area contributed by atoms with Gasteiger partial charge in [-0.1, -0.05) is 17.7 Å². The van der Waals surface area contributed by atoms with E-state index in [9.17, 15) is 13.2 Å². The van der Waals surface area contributed by atoms with Gasteiger partial charge >= 0.3 is 6.18 Å². The van der Waals surface area contributed by atoms with Gasteiger partial charge in [-0.25, -0.2) is 0 Å². The summed E-state index contributed by atoms with van der Waals surface area (Å²) >= 11 is 6.05. The molecule has 0 bridgehead atoms. The van der Waals surface area contributed by atoms with Crippen LogP contribution in [0.15, 0.2) is 48.8 Å². The van der Waals surface area contributed by atoms with Crippen molar-refractivity contribution < 1.29 is 17.9 Å². The Morgan fingerprint density at radius 3 is 2.67 bits per heavy atom. The van der Waals surface area contributed by atoms with Crippen LogP contribution in [0, 0.1) is 0 Å². The summed E-state index contributed by atoms with van der Waals surface area (Å²) < 4.78 is 43.2. The molecule has 2 heterocycles. The smallest absolute Gasteiger partial charge is 0.422 e. The highest BCUT2D eigenvalue weighted by molar-refractivity contribution is 6.31. The van der Waals surface area contributed by atoms with Gasteiger partial charge in [0.25, 0.3) is 0 Å². The monoisotopic (exact) mass is 354 g/mol. The largest absolute Gasteiger partial charge is 0.483 e. The molecule has 126 valence electrons. The first-order valence-corrected chi connectivity index (χ1v) is 7.63. The molecule has 24 heavy (non-hydrogen) atoms. The Morgan fingerprint density at radius 2 is 2.00 bits per heavy atom. The van der Waals surface area contributed by atoms with E-state index in [-0.39, 0.29) is 11.8 Å². The van der Waals surface area contributed by atoms with E-state index in [1.807, 2.05) is 42.0 Å². The van der Waals surface area contributed by atoms with E-state index >= 15 is 0 Å². The Hall–Kier alpha value is -2.21. The summed E-state index contributed by atoms with van der Waals surface area (Å²) in [4.78, 5) is 4.22. The first-order valence-electron chi connectivity index (χ1n) is 7.25. The number of nitrogens with zero attached hydrogens (tertiary/aromatic N) is 2. The Labute approximate surface area is 141 Å². The number of ether oxygens (including phenoxy) is 1. The zero-order valence-corrected chi connectivity index (χ0v) is 13.5. The third kappa shape index (κ3) is 3.64. The molecule has 7 heteroatoms. The number of aromatic nitrogens is 2. The molecule has 0 fully saturated rings. The first kappa shape index (κ1) is 16.6. The van der Waals surface area contributed by atoms with Crippen molar-refractivity contribution in [1.82, 2.24) is 9.55 Å². The Morgan fingerprint density at radius 1 is 1.21 bits per heavy atom. The predicted octanol–water partition coefficient (Wildman–Crippen LogP) is 5.24. The van der Waals surface area contributed by atoms with Crippen molar-refractivity contribution >= 4 is 22.5 Å². The van der Waals surface area contributed by atoms with Crippen LogP contribution >= 0.6 is 11.6 Å². The number of hydrogen-bond acceptors (Lipinski definition) is 2. The molecular weight excluding hydrogens is 341 g/mol. The van der Waals surface area contributed by atoms with Gasteiger partial charge in [0.2, 0.25) is 0 Å². The zero-order chi connectivity index (χ0) is 17.3. The van der Waals surface area contributed by atoms with Gasteiger partial charge < -0.3 is 9.30 Å². The van der Waals surface area contributed by atoms with Crippen molar-refractivity contribution in [2.24, 2.45) is 0 Å². The minimum absolute atomic E-state index is 0.0867. The van der Waals surface area contributed by atoms with E-state index in [1.165, 1.54) is 12.3 Å². The van der Waals surface area contributed by atoms with Crippen LogP contribution in [0.2, 0.25) is 5.02 Å². The molecule has 2 aromatic heterocycles. The molecule has 3 nitrogen and oxygen atoms in total. The van der Waals surface area contributed by atoms with Crippen LogP contribution in [0.1, 0.15) is 18.7 Å². The minimum atomic E-state index is -4.37. The van der Waals surface area contributed by atoms with Crippen LogP contribution < -0.4 is 4.74 Å². The molecule has 3 rings (SSSR count). The Balaban J connectivity index is 1.81. The third-order valence-electron chi connectivity index (χ3n) is 3.69. The molecule has 3 aromatic rings. The van der Waals surface area contributed by atoms with Crippen molar-refractivity contribution in [3.05, 3.63) is 59.5 Å². The molecule has 0 aliphatic heterocycles. The fraction of sp³-hybridized carbons (Fsp3) is 0.235. The van der Waals surface area contributed by atoms with Gasteiger partial charge in [-0.2, -0.15) is 13.2 Å². The van der Waals surface area contributed by atoms with Crippen molar-refractivity contribution in [3.8, 4) is 5.75 Å². The highest BCUT2D eigenvalue weighted by Gasteiger charge is 2.28. The molecule has 1 atom stereocenters. The normalized spacial score (nSPS) is 13.2. The van der Waals surface area contributed by atoms with Gasteiger partial charge in [0.1, 0.15) is 5.75 Å². The summed E-state index contributed by atoms with van der Waals surface area (Å²) in [6.45, 7) is 0.628. The molecule has 0 N–H and O–H groups in total. The van der Waals surface area contributed by atoms with E-state index in [1.54, 1.807) is 6.07 Å². The van der Waals surface area contributed by atoms with Gasteiger partial charge in [0, 0.05) is 11.2 Å². The predicted molar refractivity (Wildman–Crippen MR) is 86.5 cm³/mol. The van der Waals surface area contributed by atoms with E-state index in [0.717, 1.165) is 10.9 Å². The quantitative estimate of drug-likeness (QED) is 0.640. The number of alkyl halides is 3. The van der Waals surface area contributed by atoms with Gasteiger partial charge in [-0.05, 0) is 42.6 Å². The minimum Gasteiger partial charge on any atom is -0.483 e. The number of rotatable bonds is 4. The second-order valence-corrected chi connectivity index (χ2v) is 5.86. The summed E-state index contributed by atoms with van der Waals surface area (Å²) in [6, 6.07) is 10.7. The number of fused-ring (bicyclic) bond motifs is 1. The van der Waals surface area contributed by atoms with Crippen LogP contribution in [0.25, 0.3) is 10.9 Å². The van der Waals surface area contributed by atoms with Crippen LogP contribution in [0.4, 0.5) is 13.2 Å². The van der Waals surface area contributed by atoms with E-state index in [4.69, 9.17) is 11.6 Å². The summed E-state index contributed by atoms with van der Waals surface area (Å²) in [7, 11) is 0. The lowest BCUT2D eigenvalue weighted by molar-refractivity contribution is -0.153. The molecule has 0 aliphatic carbocycles. The van der Waals surface area contributed by atoms with Crippen LogP contribution in [0.5, 0.6) is 5.75 Å². The molecular formula is C17H14ClF3N2O. The second kappa shape index (κ2) is 6.36. The fourth-order valence-electron chi connectivity index (χ4n) is 2.49. The van der Waals surface area contributed by atoms with Gasteiger partial charge in [0.05, 0.1) is 23.4 Å². The Kier molecular flexibility index (Phi) is 4.41. The standard InChI is InChI=1S/C17H14ClF3N2O/c1-11(23-7-6-12-2-3-13(18)8-16(12)23)15-5-4-14(9-22-15)24-10-17(19,20)21/h2-9,11H,10H2,1H3/t11-/m1/s1. The van der Waals surface area contributed by atoms with E-state index < -0.39 is 12.8 Å². The first-order chi connectivity index (χ1) is 11.3. The summed E-state index contributed by atoms with van der Waals surface area (Å²) in [5.41, 5.74) is 1.68. The lowest BCUT2D eigenvalue weighted by Crippen LogP contribution is -2.19. The van der Waals surface area contributed by atoms with Crippen molar-refractivity contribution in [1.29, 1.82) is 0 Å². The molecule has 0 amide bonds. The molecule has 0 saturated carbocycles. The summed E-state index contributed by atoms with van der Waals surface area (Å²) in [5, 5.41) is 1.69. The van der Waals surface area contributed by atoms with Gasteiger partial charge in [0.15, 0.2) is 6.61 Å². The van der Waals surface area contributed by atoms with Crippen molar-refractivity contribution in [3.63, 3.8) is 0 Å². The summed E-state index contributed by atoms with van der Waals surface area (Å²) in [5.74, 6) is 0.0867. The van der Waals surface area contributed by atoms with Crippen LogP contribution in [-0.2, 0) is 0 Å². The second-order valence-electron chi connectivity index (χ2n) is 5.42. The summed E-state index contributed by atoms with van der Waals surface area (Å²) in [6.07, 6.45) is -1.13. The third-order valence-corrected chi connectivity index (χ3v) is 3.93. The molecule has 0 unspecified atom stereocenters. The molecule has 0 radical (unpaired) electrons. The maximum Gasteiger partial charge on any atom is 0.422 e. The maximum absolute atomic E-state index is 12.2. The average Bonchev–Trinajstić information content (AvgIpc) is 2.95. The fourth-order valence-corrected chi connectivity index (χ4v) is 2.66. The highest BCUT2D eigenvalue weighted by Crippen LogP contribution is 2.27. The van der Waals surface area contributed by atoms with Crippen LogP contribution in [0.3, 0.4) is 0 Å². The number of benzene rings is 1.